The van der Waals surface area contributed by atoms with Crippen LogP contribution in [0, 0.1) is 0 Å². The number of amides is 2. The minimum Gasteiger partial charge on any atom is -0.480 e. The number of carboxylic acids is 1. The molecule has 3 aromatic rings. The van der Waals surface area contributed by atoms with E-state index in [2.05, 4.69) is 22.4 Å². The molecule has 0 saturated carbocycles. The Labute approximate surface area is 198 Å². The lowest BCUT2D eigenvalue weighted by Gasteiger charge is -2.19. The fourth-order valence-electron chi connectivity index (χ4n) is 4.57. The number of aliphatic hydroxyl groups is 1. The van der Waals surface area contributed by atoms with Gasteiger partial charge in [-0.05, 0) is 22.3 Å². The van der Waals surface area contributed by atoms with Crippen LogP contribution in [0.5, 0.6) is 0 Å². The molecule has 2 heterocycles. The van der Waals surface area contributed by atoms with E-state index >= 15 is 0 Å². The quantitative estimate of drug-likeness (QED) is 0.513. The third-order valence-electron chi connectivity index (χ3n) is 6.10. The lowest BCUT2D eigenvalue weighted by molar-refractivity contribution is -0.141. The molecule has 3 N–H and O–H groups in total. The topological polar surface area (TPSA) is 129 Å². The molecule has 9 nitrogen and oxygen atoms in total. The van der Waals surface area contributed by atoms with E-state index in [0.29, 0.717) is 0 Å². The first kappa shape index (κ1) is 22.1. The number of nitrogens with one attached hydrogen (secondary N) is 1. The summed E-state index contributed by atoms with van der Waals surface area (Å²) in [5, 5.41) is 23.2. The van der Waals surface area contributed by atoms with Crippen molar-refractivity contribution >= 4 is 34.4 Å². The lowest BCUT2D eigenvalue weighted by Crippen LogP contribution is -2.40. The van der Waals surface area contributed by atoms with Crippen molar-refractivity contribution in [2.75, 3.05) is 18.5 Å². The Bertz CT molecular complexity index is 1230. The smallest absolute Gasteiger partial charge is 0.413 e. The SMILES string of the molecule is O=C(Nc1nc(C(=O)N2C[C@H](O)C[C@H]2C(=O)O)cs1)OCC1c2ccccc2-c2ccccc21. The van der Waals surface area contributed by atoms with E-state index in [0.717, 1.165) is 38.5 Å². The molecular weight excluding hydrogens is 458 g/mol. The minimum atomic E-state index is -1.18. The number of aliphatic carboxylic acids is 1. The summed E-state index contributed by atoms with van der Waals surface area (Å²) in [6, 6.07) is 14.9. The second-order valence-electron chi connectivity index (χ2n) is 8.19. The van der Waals surface area contributed by atoms with Gasteiger partial charge in [-0.2, -0.15) is 0 Å². The zero-order valence-corrected chi connectivity index (χ0v) is 18.7. The molecule has 1 aliphatic heterocycles. The Kier molecular flexibility index (Phi) is 5.76. The molecule has 0 unspecified atom stereocenters. The predicted octanol–water partition coefficient (Wildman–Crippen LogP) is 3.16. The predicted molar refractivity (Wildman–Crippen MR) is 124 cm³/mol. The van der Waals surface area contributed by atoms with E-state index in [1.807, 2.05) is 36.4 Å². The van der Waals surface area contributed by atoms with Crippen LogP contribution in [0.2, 0.25) is 0 Å². The first-order valence-electron chi connectivity index (χ1n) is 10.7. The minimum absolute atomic E-state index is 0.000650. The van der Waals surface area contributed by atoms with E-state index in [9.17, 15) is 24.6 Å². The van der Waals surface area contributed by atoms with E-state index < -0.39 is 30.1 Å². The number of benzene rings is 2. The highest BCUT2D eigenvalue weighted by molar-refractivity contribution is 7.14. The van der Waals surface area contributed by atoms with Gasteiger partial charge in [0.15, 0.2) is 5.13 Å². The van der Waals surface area contributed by atoms with Gasteiger partial charge < -0.3 is 19.8 Å². The molecule has 10 heteroatoms. The Hall–Kier alpha value is -3.76. The average molecular weight is 480 g/mol. The number of anilines is 1. The monoisotopic (exact) mass is 479 g/mol. The highest BCUT2D eigenvalue weighted by Gasteiger charge is 2.40. The van der Waals surface area contributed by atoms with Crippen molar-refractivity contribution in [3.8, 4) is 11.1 Å². The van der Waals surface area contributed by atoms with Crippen LogP contribution in [-0.2, 0) is 9.53 Å². The highest BCUT2D eigenvalue weighted by atomic mass is 32.1. The van der Waals surface area contributed by atoms with Crippen molar-refractivity contribution in [3.05, 3.63) is 70.7 Å². The third-order valence-corrected chi connectivity index (χ3v) is 6.86. The zero-order chi connectivity index (χ0) is 23.8. The Morgan fingerprint density at radius 3 is 2.38 bits per heavy atom. The van der Waals surface area contributed by atoms with Gasteiger partial charge in [0.1, 0.15) is 18.3 Å². The molecule has 1 aliphatic carbocycles. The number of hydrogen-bond donors (Lipinski definition) is 3. The molecule has 0 bridgehead atoms. The largest absolute Gasteiger partial charge is 0.480 e. The van der Waals surface area contributed by atoms with Crippen LogP contribution in [-0.4, -0.2) is 63.4 Å². The molecule has 2 amide bonds. The molecule has 0 radical (unpaired) electrons. The number of carbonyl (C=O) groups is 3. The zero-order valence-electron chi connectivity index (χ0n) is 17.9. The Balaban J connectivity index is 1.23. The van der Waals surface area contributed by atoms with E-state index in [1.165, 1.54) is 5.38 Å². The molecule has 2 aromatic carbocycles. The Morgan fingerprint density at radius 2 is 1.74 bits per heavy atom. The standard InChI is InChI=1S/C24H21N3O6S/c28-13-9-20(22(30)31)27(10-13)21(29)19-12-34-23(25-19)26-24(32)33-11-18-16-7-3-1-5-14(16)15-6-2-4-8-17(15)18/h1-8,12-13,18,20,28H,9-11H2,(H,30,31)(H,25,26,32)/t13-,20+/m1/s1. The van der Waals surface area contributed by atoms with Crippen molar-refractivity contribution in [3.63, 3.8) is 0 Å². The number of aliphatic hydroxyl groups excluding tert-OH is 1. The number of likely N-dealkylation sites (tertiary alicyclic amines) is 1. The van der Waals surface area contributed by atoms with Crippen molar-refractivity contribution in [2.24, 2.45) is 0 Å². The van der Waals surface area contributed by atoms with Crippen LogP contribution in [0.15, 0.2) is 53.9 Å². The van der Waals surface area contributed by atoms with Gasteiger partial charge in [-0.3, -0.25) is 10.1 Å². The van der Waals surface area contributed by atoms with E-state index in [1.54, 1.807) is 0 Å². The molecular formula is C24H21N3O6S. The number of nitrogens with zero attached hydrogens (tertiary/aromatic N) is 2. The summed E-state index contributed by atoms with van der Waals surface area (Å²) in [5.41, 5.74) is 4.45. The molecule has 1 fully saturated rings. The number of aromatic nitrogens is 1. The van der Waals surface area contributed by atoms with Gasteiger partial charge in [0, 0.05) is 24.3 Å². The first-order chi connectivity index (χ1) is 16.4. The van der Waals surface area contributed by atoms with Crippen LogP contribution < -0.4 is 5.32 Å². The fourth-order valence-corrected chi connectivity index (χ4v) is 5.24. The summed E-state index contributed by atoms with van der Waals surface area (Å²) in [5.74, 6) is -1.88. The Morgan fingerprint density at radius 1 is 1.09 bits per heavy atom. The first-order valence-corrected chi connectivity index (χ1v) is 11.6. The number of fused-ring (bicyclic) bond motifs is 3. The van der Waals surface area contributed by atoms with E-state index in [-0.39, 0.29) is 36.3 Å². The fraction of sp³-hybridized carbons (Fsp3) is 0.250. The van der Waals surface area contributed by atoms with Gasteiger partial charge >= 0.3 is 12.1 Å². The molecule has 34 heavy (non-hydrogen) atoms. The van der Waals surface area contributed by atoms with Gasteiger partial charge in [-0.25, -0.2) is 14.6 Å². The second-order valence-corrected chi connectivity index (χ2v) is 9.05. The molecule has 1 saturated heterocycles. The number of ether oxygens (including phenoxy) is 1. The maximum absolute atomic E-state index is 12.7. The highest BCUT2D eigenvalue weighted by Crippen LogP contribution is 2.44. The molecule has 174 valence electrons. The molecule has 5 rings (SSSR count). The van der Waals surface area contributed by atoms with Gasteiger partial charge in [0.25, 0.3) is 5.91 Å². The number of rotatable bonds is 5. The van der Waals surface area contributed by atoms with Crippen LogP contribution >= 0.6 is 11.3 Å². The van der Waals surface area contributed by atoms with E-state index in [4.69, 9.17) is 4.74 Å². The summed E-state index contributed by atoms with van der Waals surface area (Å²) in [6.07, 6.45) is -1.63. The molecule has 0 spiro atoms. The van der Waals surface area contributed by atoms with Crippen molar-refractivity contribution in [1.29, 1.82) is 0 Å². The molecule has 2 atom stereocenters. The van der Waals surface area contributed by atoms with Crippen LogP contribution in [0.4, 0.5) is 9.93 Å². The summed E-state index contributed by atoms with van der Waals surface area (Å²) in [7, 11) is 0. The average Bonchev–Trinajstić information content (AvgIpc) is 3.53. The van der Waals surface area contributed by atoms with Gasteiger partial charge in [-0.15, -0.1) is 11.3 Å². The number of β-amino-alcohol motifs (C(OH)–C–C–N with tert-alkyl or cyclic N) is 1. The summed E-state index contributed by atoms with van der Waals surface area (Å²) < 4.78 is 5.49. The van der Waals surface area contributed by atoms with Gasteiger partial charge in [-0.1, -0.05) is 48.5 Å². The maximum Gasteiger partial charge on any atom is 0.413 e. The summed E-state index contributed by atoms with van der Waals surface area (Å²) >= 11 is 1.03. The lowest BCUT2D eigenvalue weighted by atomic mass is 9.98. The number of carboxylic acid groups (broad SMARTS) is 1. The maximum atomic E-state index is 12.7. The third kappa shape index (κ3) is 4.02. The number of hydrogen-bond acceptors (Lipinski definition) is 7. The van der Waals surface area contributed by atoms with Crippen molar-refractivity contribution in [1.82, 2.24) is 9.88 Å². The molecule has 2 aliphatic rings. The second kappa shape index (κ2) is 8.88. The van der Waals surface area contributed by atoms with Crippen molar-refractivity contribution in [2.45, 2.75) is 24.5 Å². The van der Waals surface area contributed by atoms with Gasteiger partial charge in [0.05, 0.1) is 6.10 Å². The normalized spacial score (nSPS) is 18.9. The van der Waals surface area contributed by atoms with Crippen LogP contribution in [0.25, 0.3) is 11.1 Å². The number of carbonyl (C=O) groups excluding carboxylic acids is 2. The van der Waals surface area contributed by atoms with Gasteiger partial charge in [0.2, 0.25) is 0 Å². The summed E-state index contributed by atoms with van der Waals surface area (Å²) in [4.78, 5) is 41.7. The molecule has 1 aromatic heterocycles. The van der Waals surface area contributed by atoms with Crippen LogP contribution in [0.3, 0.4) is 0 Å². The van der Waals surface area contributed by atoms with Crippen LogP contribution in [0.1, 0.15) is 34.0 Å². The summed E-state index contributed by atoms with van der Waals surface area (Å²) in [6.45, 7) is 0.0610. The van der Waals surface area contributed by atoms with Crippen molar-refractivity contribution < 1.29 is 29.3 Å². The number of thiazole rings is 1.